The molecule has 0 fully saturated rings. The topological polar surface area (TPSA) is 25.8 Å². The highest BCUT2D eigenvalue weighted by Gasteiger charge is 2.12. The van der Waals surface area contributed by atoms with E-state index in [0.29, 0.717) is 5.92 Å². The molecule has 0 unspecified atom stereocenters. The molecule has 1 aliphatic carbocycles. The summed E-state index contributed by atoms with van der Waals surface area (Å²) in [6, 6.07) is 10.2. The van der Waals surface area contributed by atoms with Gasteiger partial charge in [0.25, 0.3) is 0 Å². The molecule has 0 aliphatic heterocycles. The first-order valence-corrected chi connectivity index (χ1v) is 6.73. The number of rotatable bonds is 1. The Morgan fingerprint density at radius 3 is 2.39 bits per heavy atom. The molecule has 1 aliphatic rings. The minimum atomic E-state index is 0.397. The van der Waals surface area contributed by atoms with Gasteiger partial charge in [0.2, 0.25) is 0 Å². The second-order valence-electron chi connectivity index (χ2n) is 4.35. The van der Waals surface area contributed by atoms with Gasteiger partial charge in [0.05, 0.1) is 11.0 Å². The molecular weight excluding hydrogens is 240 g/mol. The van der Waals surface area contributed by atoms with E-state index in [2.05, 4.69) is 40.3 Å². The highest BCUT2D eigenvalue weighted by Crippen LogP contribution is 2.33. The summed E-state index contributed by atoms with van der Waals surface area (Å²) in [5.41, 5.74) is 2.94. The Labute approximate surface area is 108 Å². The molecule has 0 spiro atoms. The van der Waals surface area contributed by atoms with Crippen molar-refractivity contribution in [1.82, 2.24) is 9.97 Å². The summed E-state index contributed by atoms with van der Waals surface area (Å²) < 4.78 is 0. The maximum Gasteiger partial charge on any atom is 0.142 e. The van der Waals surface area contributed by atoms with Crippen LogP contribution in [0.2, 0.25) is 0 Å². The number of benzene rings is 1. The van der Waals surface area contributed by atoms with Gasteiger partial charge < -0.3 is 0 Å². The molecule has 2 nitrogen and oxygen atoms in total. The van der Waals surface area contributed by atoms with Crippen molar-refractivity contribution >= 4 is 32.7 Å². The Balaban J connectivity index is 1.96. The number of allylic oxidation sites excluding steroid dienone is 4. The lowest BCUT2D eigenvalue weighted by Gasteiger charge is -1.97. The Morgan fingerprint density at radius 1 is 0.889 bits per heavy atom. The van der Waals surface area contributed by atoms with Gasteiger partial charge in [-0.25, -0.2) is 9.97 Å². The lowest BCUT2D eigenvalue weighted by Crippen LogP contribution is -1.82. The molecule has 86 valence electrons. The van der Waals surface area contributed by atoms with Crippen LogP contribution in [-0.2, 0) is 0 Å². The van der Waals surface area contributed by atoms with E-state index < -0.39 is 0 Å². The fourth-order valence-corrected chi connectivity index (χ4v) is 3.27. The number of fused-ring (bicyclic) bond motifs is 2. The molecule has 0 saturated carbocycles. The van der Waals surface area contributed by atoms with Crippen LogP contribution in [0.1, 0.15) is 10.8 Å². The maximum atomic E-state index is 4.68. The molecule has 4 rings (SSSR count). The first-order chi connectivity index (χ1) is 8.90. The number of hydrogen-bond acceptors (Lipinski definition) is 3. The van der Waals surface area contributed by atoms with Crippen LogP contribution < -0.4 is 0 Å². The monoisotopic (exact) mass is 250 g/mol. The van der Waals surface area contributed by atoms with Gasteiger partial charge in [0, 0.05) is 10.8 Å². The van der Waals surface area contributed by atoms with Crippen LogP contribution in [0.15, 0.2) is 54.6 Å². The van der Waals surface area contributed by atoms with Crippen LogP contribution in [0.25, 0.3) is 21.4 Å². The number of thiophene rings is 1. The van der Waals surface area contributed by atoms with E-state index in [1.807, 2.05) is 24.3 Å². The van der Waals surface area contributed by atoms with Crippen molar-refractivity contribution in [1.29, 1.82) is 0 Å². The standard InChI is InChI=1S/C15H10N2S/c1-2-6-10(5-1)14-9-13-15(18-14)17-12-8-4-3-7-11(12)16-13/h1-10H. The first kappa shape index (κ1) is 9.97. The molecule has 0 atom stereocenters. The van der Waals surface area contributed by atoms with Crippen LogP contribution in [0.4, 0.5) is 0 Å². The van der Waals surface area contributed by atoms with E-state index in [1.165, 1.54) is 4.88 Å². The summed E-state index contributed by atoms with van der Waals surface area (Å²) in [4.78, 5) is 11.7. The highest BCUT2D eigenvalue weighted by atomic mass is 32.1. The van der Waals surface area contributed by atoms with Gasteiger partial charge in [-0.3, -0.25) is 0 Å². The minimum absolute atomic E-state index is 0.397. The van der Waals surface area contributed by atoms with Gasteiger partial charge in [-0.05, 0) is 18.2 Å². The second kappa shape index (κ2) is 3.75. The van der Waals surface area contributed by atoms with Crippen LogP contribution in [0.5, 0.6) is 0 Å². The third-order valence-corrected chi connectivity index (χ3v) is 4.25. The molecule has 2 heterocycles. The Morgan fingerprint density at radius 2 is 1.61 bits per heavy atom. The average molecular weight is 250 g/mol. The van der Waals surface area contributed by atoms with Crippen LogP contribution in [0, 0.1) is 0 Å². The maximum absolute atomic E-state index is 4.68. The fraction of sp³-hybridized carbons (Fsp3) is 0.0667. The van der Waals surface area contributed by atoms with E-state index in [0.717, 1.165) is 21.4 Å². The van der Waals surface area contributed by atoms with Crippen molar-refractivity contribution in [3.05, 3.63) is 59.5 Å². The summed E-state index contributed by atoms with van der Waals surface area (Å²) in [6.45, 7) is 0. The van der Waals surface area contributed by atoms with Gasteiger partial charge >= 0.3 is 0 Å². The highest BCUT2D eigenvalue weighted by molar-refractivity contribution is 7.18. The second-order valence-corrected chi connectivity index (χ2v) is 5.41. The van der Waals surface area contributed by atoms with E-state index in [1.54, 1.807) is 11.3 Å². The molecule has 0 bridgehead atoms. The van der Waals surface area contributed by atoms with Gasteiger partial charge in [-0.2, -0.15) is 0 Å². The SMILES string of the molecule is C1=CC(c2cc3nc4ccccc4nc3s2)C=C1. The molecule has 18 heavy (non-hydrogen) atoms. The molecular formula is C15H10N2S. The van der Waals surface area contributed by atoms with E-state index in [9.17, 15) is 0 Å². The third kappa shape index (κ3) is 1.48. The zero-order valence-corrected chi connectivity index (χ0v) is 10.4. The van der Waals surface area contributed by atoms with E-state index in [4.69, 9.17) is 0 Å². The molecule has 0 saturated heterocycles. The van der Waals surface area contributed by atoms with Crippen molar-refractivity contribution in [3.8, 4) is 0 Å². The molecule has 2 aromatic heterocycles. The van der Waals surface area contributed by atoms with Gasteiger partial charge in [-0.1, -0.05) is 36.4 Å². The molecule has 0 radical (unpaired) electrons. The van der Waals surface area contributed by atoms with Gasteiger partial charge in [0.15, 0.2) is 0 Å². The zero-order chi connectivity index (χ0) is 11.9. The summed E-state index contributed by atoms with van der Waals surface area (Å²) in [5.74, 6) is 0.397. The van der Waals surface area contributed by atoms with Crippen LogP contribution in [-0.4, -0.2) is 9.97 Å². The van der Waals surface area contributed by atoms with Crippen LogP contribution in [0.3, 0.4) is 0 Å². The largest absolute Gasteiger partial charge is 0.244 e. The molecule has 0 amide bonds. The van der Waals surface area contributed by atoms with Crippen LogP contribution >= 0.6 is 11.3 Å². The number of para-hydroxylation sites is 2. The Hall–Kier alpha value is -2.00. The lowest BCUT2D eigenvalue weighted by molar-refractivity contribution is 1.15. The van der Waals surface area contributed by atoms with Crippen molar-refractivity contribution in [2.24, 2.45) is 0 Å². The number of aromatic nitrogens is 2. The summed E-state index contributed by atoms with van der Waals surface area (Å²) in [6.07, 6.45) is 8.58. The molecule has 0 N–H and O–H groups in total. The van der Waals surface area contributed by atoms with Crippen molar-refractivity contribution < 1.29 is 0 Å². The minimum Gasteiger partial charge on any atom is -0.244 e. The number of nitrogens with zero attached hydrogens (tertiary/aromatic N) is 2. The summed E-state index contributed by atoms with van der Waals surface area (Å²) in [7, 11) is 0. The molecule has 1 aromatic carbocycles. The molecule has 3 heteroatoms. The van der Waals surface area contributed by atoms with Crippen molar-refractivity contribution in [3.63, 3.8) is 0 Å². The lowest BCUT2D eigenvalue weighted by atomic mass is 10.1. The molecule has 3 aromatic rings. The first-order valence-electron chi connectivity index (χ1n) is 5.91. The van der Waals surface area contributed by atoms with Crippen molar-refractivity contribution in [2.75, 3.05) is 0 Å². The van der Waals surface area contributed by atoms with Crippen molar-refractivity contribution in [2.45, 2.75) is 5.92 Å². The fourth-order valence-electron chi connectivity index (χ4n) is 2.23. The third-order valence-electron chi connectivity index (χ3n) is 3.13. The van der Waals surface area contributed by atoms with E-state index >= 15 is 0 Å². The normalized spacial score (nSPS) is 15.1. The summed E-state index contributed by atoms with van der Waals surface area (Å²) in [5, 5.41) is 0. The number of hydrogen-bond donors (Lipinski definition) is 0. The zero-order valence-electron chi connectivity index (χ0n) is 9.58. The smallest absolute Gasteiger partial charge is 0.142 e. The Bertz CT molecular complexity index is 734. The average Bonchev–Trinajstić information content (AvgIpc) is 3.04. The Kier molecular flexibility index (Phi) is 2.08. The predicted molar refractivity (Wildman–Crippen MR) is 75.9 cm³/mol. The van der Waals surface area contributed by atoms with E-state index in [-0.39, 0.29) is 0 Å². The van der Waals surface area contributed by atoms with Gasteiger partial charge in [-0.15, -0.1) is 11.3 Å². The summed E-state index contributed by atoms with van der Waals surface area (Å²) >= 11 is 1.73. The van der Waals surface area contributed by atoms with Gasteiger partial charge in [0.1, 0.15) is 10.3 Å². The quantitative estimate of drug-likeness (QED) is 0.651. The predicted octanol–water partition coefficient (Wildman–Crippen LogP) is 4.05.